The van der Waals surface area contributed by atoms with Crippen LogP contribution in [0.2, 0.25) is 5.02 Å². The second kappa shape index (κ2) is 8.87. The zero-order valence-electron chi connectivity index (χ0n) is 15.7. The first-order valence-electron chi connectivity index (χ1n) is 8.69. The van der Waals surface area contributed by atoms with Crippen LogP contribution in [0.15, 0.2) is 24.3 Å². The number of halogens is 1. The van der Waals surface area contributed by atoms with E-state index in [0.717, 1.165) is 6.07 Å². The number of rotatable bonds is 7. The molecule has 3 rings (SSSR count). The highest BCUT2D eigenvalue weighted by atomic mass is 35.5. The summed E-state index contributed by atoms with van der Waals surface area (Å²) in [5, 5.41) is 11.7. The van der Waals surface area contributed by atoms with Gasteiger partial charge in [-0.05, 0) is 24.6 Å². The number of benzene rings is 2. The number of esters is 1. The number of nitro groups is 1. The molecule has 9 nitrogen and oxygen atoms in total. The van der Waals surface area contributed by atoms with Crippen molar-refractivity contribution in [2.45, 2.75) is 13.5 Å². The molecule has 0 amide bonds. The zero-order chi connectivity index (χ0) is 21.0. The molecule has 1 aliphatic heterocycles. The first kappa shape index (κ1) is 20.5. The van der Waals surface area contributed by atoms with Gasteiger partial charge in [-0.2, -0.15) is 0 Å². The van der Waals surface area contributed by atoms with E-state index in [1.807, 2.05) is 0 Å². The van der Waals surface area contributed by atoms with E-state index < -0.39 is 16.6 Å². The smallest absolute Gasteiger partial charge is 0.345 e. The van der Waals surface area contributed by atoms with Gasteiger partial charge in [0.05, 0.1) is 29.7 Å². The summed E-state index contributed by atoms with van der Waals surface area (Å²) < 4.78 is 26.7. The van der Waals surface area contributed by atoms with E-state index in [2.05, 4.69) is 0 Å². The second-order valence-corrected chi connectivity index (χ2v) is 6.30. The summed E-state index contributed by atoms with van der Waals surface area (Å²) in [7, 11) is 1.37. The third kappa shape index (κ3) is 4.45. The average molecular weight is 424 g/mol. The Morgan fingerprint density at radius 1 is 1.21 bits per heavy atom. The van der Waals surface area contributed by atoms with E-state index in [1.165, 1.54) is 13.2 Å². The van der Waals surface area contributed by atoms with E-state index in [1.54, 1.807) is 19.1 Å². The molecule has 1 heterocycles. The van der Waals surface area contributed by atoms with Crippen LogP contribution in [-0.4, -0.2) is 37.8 Å². The highest BCUT2D eigenvalue weighted by molar-refractivity contribution is 6.32. The van der Waals surface area contributed by atoms with Gasteiger partial charge in [0.2, 0.25) is 0 Å². The highest BCUT2D eigenvalue weighted by Gasteiger charge is 2.26. The Morgan fingerprint density at radius 2 is 1.97 bits per heavy atom. The molecule has 1 aliphatic rings. The van der Waals surface area contributed by atoms with E-state index in [0.29, 0.717) is 35.3 Å². The number of nitrogens with zero attached hydrogens (tertiary/aromatic N) is 1. The van der Waals surface area contributed by atoms with E-state index in [9.17, 15) is 14.9 Å². The third-order valence-corrected chi connectivity index (χ3v) is 4.31. The number of ether oxygens (including phenoxy) is 5. The maximum absolute atomic E-state index is 12.5. The van der Waals surface area contributed by atoms with E-state index >= 15 is 0 Å². The Kier molecular flexibility index (Phi) is 6.28. The minimum atomic E-state index is -0.885. The molecule has 0 aromatic heterocycles. The van der Waals surface area contributed by atoms with E-state index in [4.69, 9.17) is 35.3 Å². The second-order valence-electron chi connectivity index (χ2n) is 5.89. The van der Waals surface area contributed by atoms with Crippen molar-refractivity contribution in [2.24, 2.45) is 0 Å². The molecule has 0 N–H and O–H groups in total. The molecule has 0 fully saturated rings. The zero-order valence-corrected chi connectivity index (χ0v) is 16.5. The summed E-state index contributed by atoms with van der Waals surface area (Å²) in [6.07, 6.45) is 0. The first-order valence-corrected chi connectivity index (χ1v) is 9.06. The number of fused-ring (bicyclic) bond motifs is 1. The lowest BCUT2D eigenvalue weighted by Gasteiger charge is -2.20. The molecule has 154 valence electrons. The fourth-order valence-corrected chi connectivity index (χ4v) is 3.05. The molecule has 0 atom stereocenters. The van der Waals surface area contributed by atoms with Crippen LogP contribution in [0.5, 0.6) is 23.0 Å². The summed E-state index contributed by atoms with van der Waals surface area (Å²) in [5.41, 5.74) is -0.147. The van der Waals surface area contributed by atoms with Gasteiger partial charge in [0.1, 0.15) is 25.4 Å². The van der Waals surface area contributed by atoms with Crippen molar-refractivity contribution in [3.63, 3.8) is 0 Å². The van der Waals surface area contributed by atoms with Crippen LogP contribution in [0.3, 0.4) is 0 Å². The molecule has 2 aromatic carbocycles. The van der Waals surface area contributed by atoms with Gasteiger partial charge in [0.25, 0.3) is 5.69 Å². The number of hydrogen-bond acceptors (Lipinski definition) is 8. The topological polar surface area (TPSA) is 106 Å². The van der Waals surface area contributed by atoms with Gasteiger partial charge in [-0.3, -0.25) is 10.1 Å². The first-order chi connectivity index (χ1) is 13.9. The predicted octanol–water partition coefficient (Wildman–Crippen LogP) is 3.78. The van der Waals surface area contributed by atoms with Crippen LogP contribution in [0.25, 0.3) is 0 Å². The fourth-order valence-electron chi connectivity index (χ4n) is 2.77. The number of carbonyl (C=O) groups excluding carboxylic acids is 1. The third-order valence-electron chi connectivity index (χ3n) is 4.02. The van der Waals surface area contributed by atoms with Gasteiger partial charge in [0, 0.05) is 6.07 Å². The van der Waals surface area contributed by atoms with Gasteiger partial charge >= 0.3 is 5.97 Å². The number of nitro benzene ring substituents is 1. The predicted molar refractivity (Wildman–Crippen MR) is 102 cm³/mol. The standard InChI is InChI=1S/C19H18ClNO8/c1-3-26-16-9-14(21(23)24)12(8-15(16)25-2)19(22)29-10-11-6-13(20)18-17(7-11)27-4-5-28-18/h6-9H,3-5,10H2,1-2H3. The molecular formula is C19H18ClNO8. The van der Waals surface area contributed by atoms with Crippen molar-refractivity contribution >= 4 is 23.3 Å². The molecule has 10 heteroatoms. The molecule has 2 aromatic rings. The van der Waals surface area contributed by atoms with Crippen molar-refractivity contribution in [1.82, 2.24) is 0 Å². The SMILES string of the molecule is CCOc1cc([N+](=O)[O-])c(C(=O)OCc2cc(Cl)c3c(c2)OCCO3)cc1OC. The minimum Gasteiger partial charge on any atom is -0.493 e. The van der Waals surface area contributed by atoms with Crippen LogP contribution in [0.4, 0.5) is 5.69 Å². The Morgan fingerprint density at radius 3 is 2.66 bits per heavy atom. The number of methoxy groups -OCH3 is 1. The van der Waals surface area contributed by atoms with Gasteiger partial charge in [-0.25, -0.2) is 4.79 Å². The average Bonchev–Trinajstić information content (AvgIpc) is 2.72. The summed E-state index contributed by atoms with van der Waals surface area (Å²) >= 11 is 6.17. The van der Waals surface area contributed by atoms with Crippen LogP contribution in [-0.2, 0) is 11.3 Å². The fraction of sp³-hybridized carbons (Fsp3) is 0.316. The molecule has 0 aliphatic carbocycles. The highest BCUT2D eigenvalue weighted by Crippen LogP contribution is 2.39. The maximum Gasteiger partial charge on any atom is 0.345 e. The molecule has 0 bridgehead atoms. The molecule has 29 heavy (non-hydrogen) atoms. The van der Waals surface area contributed by atoms with Gasteiger partial charge in [-0.1, -0.05) is 11.6 Å². The lowest BCUT2D eigenvalue weighted by molar-refractivity contribution is -0.385. The normalized spacial score (nSPS) is 12.2. The lowest BCUT2D eigenvalue weighted by atomic mass is 10.1. The Balaban J connectivity index is 1.83. The minimum absolute atomic E-state index is 0.164. The van der Waals surface area contributed by atoms with Gasteiger partial charge in [0.15, 0.2) is 23.0 Å². The number of carbonyl (C=O) groups is 1. The van der Waals surface area contributed by atoms with Crippen molar-refractivity contribution in [1.29, 1.82) is 0 Å². The Hall–Kier alpha value is -3.20. The summed E-state index contributed by atoms with van der Waals surface area (Å²) in [6.45, 7) is 2.62. The van der Waals surface area contributed by atoms with Gasteiger partial charge < -0.3 is 23.7 Å². The quantitative estimate of drug-likeness (QED) is 0.376. The number of hydrogen-bond donors (Lipinski definition) is 0. The molecular weight excluding hydrogens is 406 g/mol. The van der Waals surface area contributed by atoms with Crippen molar-refractivity contribution < 1.29 is 33.4 Å². The lowest BCUT2D eigenvalue weighted by Crippen LogP contribution is -2.16. The van der Waals surface area contributed by atoms with Crippen molar-refractivity contribution in [3.05, 3.63) is 50.5 Å². The van der Waals surface area contributed by atoms with Crippen molar-refractivity contribution in [2.75, 3.05) is 26.9 Å². The Labute approximate surface area is 171 Å². The van der Waals surface area contributed by atoms with E-state index in [-0.39, 0.29) is 30.3 Å². The van der Waals surface area contributed by atoms with Crippen LogP contribution < -0.4 is 18.9 Å². The molecule has 0 unspecified atom stereocenters. The summed E-state index contributed by atoms with van der Waals surface area (Å²) in [6, 6.07) is 5.58. The molecule has 0 saturated heterocycles. The van der Waals surface area contributed by atoms with Crippen LogP contribution in [0.1, 0.15) is 22.8 Å². The molecule has 0 saturated carbocycles. The van der Waals surface area contributed by atoms with Crippen LogP contribution >= 0.6 is 11.6 Å². The largest absolute Gasteiger partial charge is 0.493 e. The monoisotopic (exact) mass is 423 g/mol. The van der Waals surface area contributed by atoms with Crippen LogP contribution in [0, 0.1) is 10.1 Å². The Bertz CT molecular complexity index is 946. The maximum atomic E-state index is 12.5. The van der Waals surface area contributed by atoms with Crippen molar-refractivity contribution in [3.8, 4) is 23.0 Å². The van der Waals surface area contributed by atoms with Gasteiger partial charge in [-0.15, -0.1) is 0 Å². The summed E-state index contributed by atoms with van der Waals surface area (Å²) in [5.74, 6) is 0.344. The summed E-state index contributed by atoms with van der Waals surface area (Å²) in [4.78, 5) is 23.3. The molecule has 0 spiro atoms. The molecule has 0 radical (unpaired) electrons.